The first-order chi connectivity index (χ1) is 12.2. The van der Waals surface area contributed by atoms with Crippen molar-refractivity contribution in [2.45, 2.75) is 44.9 Å². The number of carbonyl (C=O) groups excluding carboxylic acids is 2. The number of imidazole rings is 1. The van der Waals surface area contributed by atoms with E-state index in [2.05, 4.69) is 15.0 Å². The predicted octanol–water partition coefficient (Wildman–Crippen LogP) is 1.60. The summed E-state index contributed by atoms with van der Waals surface area (Å²) in [6.45, 7) is 3.33. The summed E-state index contributed by atoms with van der Waals surface area (Å²) >= 11 is 5.97. The van der Waals surface area contributed by atoms with E-state index in [1.807, 2.05) is 0 Å². The molecule has 1 unspecified atom stereocenters. The third-order valence-corrected chi connectivity index (χ3v) is 4.27. The molecule has 1 saturated heterocycles. The fourth-order valence-corrected chi connectivity index (χ4v) is 3.08. The Morgan fingerprint density at radius 2 is 2.08 bits per heavy atom. The zero-order chi connectivity index (χ0) is 19.1. The maximum atomic E-state index is 15.6. The summed E-state index contributed by atoms with van der Waals surface area (Å²) in [5.41, 5.74) is -1.61. The first-order valence-electron chi connectivity index (χ1n) is 7.69. The largest absolute Gasteiger partial charge is 0.463 e. The minimum absolute atomic E-state index is 0.111. The quantitative estimate of drug-likeness (QED) is 0.576. The molecule has 140 valence electrons. The number of hydrogen-bond donors (Lipinski definition) is 0. The van der Waals surface area contributed by atoms with E-state index in [-0.39, 0.29) is 22.9 Å². The maximum absolute atomic E-state index is 15.6. The summed E-state index contributed by atoms with van der Waals surface area (Å²) in [6.07, 6.45) is -1.000. The first-order valence-corrected chi connectivity index (χ1v) is 8.07. The molecule has 9 nitrogen and oxygen atoms in total. The Kier molecular flexibility index (Phi) is 4.80. The molecule has 2 aromatic rings. The molecule has 0 spiro atoms. The molecular weight excluding hydrogens is 371 g/mol. The lowest BCUT2D eigenvalue weighted by molar-refractivity contribution is -0.158. The van der Waals surface area contributed by atoms with Gasteiger partial charge in [0.2, 0.25) is 0 Å². The van der Waals surface area contributed by atoms with Crippen LogP contribution in [-0.2, 0) is 23.8 Å². The number of esters is 2. The monoisotopic (exact) mass is 386 g/mol. The van der Waals surface area contributed by atoms with E-state index in [1.165, 1.54) is 31.1 Å². The summed E-state index contributed by atoms with van der Waals surface area (Å²) in [7, 11) is 0. The lowest BCUT2D eigenvalue weighted by atomic mass is 9.98. The molecule has 0 amide bonds. The Hall–Kier alpha value is -2.33. The average Bonchev–Trinajstić information content (AvgIpc) is 3.06. The normalized spacial score (nSPS) is 28.3. The lowest BCUT2D eigenvalue weighted by Gasteiger charge is -2.27. The number of rotatable bonds is 4. The Morgan fingerprint density at radius 3 is 2.73 bits per heavy atom. The molecule has 1 aliphatic heterocycles. The van der Waals surface area contributed by atoms with Crippen molar-refractivity contribution >= 4 is 34.7 Å². The average molecular weight is 387 g/mol. The van der Waals surface area contributed by atoms with E-state index < -0.39 is 36.0 Å². The second kappa shape index (κ2) is 6.76. The second-order valence-electron chi connectivity index (χ2n) is 6.00. The van der Waals surface area contributed by atoms with Gasteiger partial charge in [0.05, 0.1) is 6.33 Å². The fourth-order valence-electron chi connectivity index (χ4n) is 2.90. The van der Waals surface area contributed by atoms with Gasteiger partial charge in [0, 0.05) is 13.8 Å². The Balaban J connectivity index is 1.99. The zero-order valence-electron chi connectivity index (χ0n) is 14.2. The highest BCUT2D eigenvalue weighted by Crippen LogP contribution is 2.44. The minimum atomic E-state index is -2.15. The van der Waals surface area contributed by atoms with Crippen LogP contribution in [0.5, 0.6) is 0 Å². The Labute approximate surface area is 152 Å². The molecule has 0 N–H and O–H groups in total. The Morgan fingerprint density at radius 1 is 1.35 bits per heavy atom. The Bertz CT molecular complexity index is 858. The van der Waals surface area contributed by atoms with Crippen LogP contribution in [0.4, 0.5) is 4.39 Å². The highest BCUT2D eigenvalue weighted by molar-refractivity contribution is 6.33. The molecule has 1 fully saturated rings. The van der Waals surface area contributed by atoms with Crippen molar-refractivity contribution in [1.29, 1.82) is 0 Å². The van der Waals surface area contributed by atoms with Gasteiger partial charge >= 0.3 is 11.9 Å². The number of halogens is 2. The molecule has 11 heteroatoms. The molecule has 3 heterocycles. The van der Waals surface area contributed by atoms with Crippen molar-refractivity contribution in [2.75, 3.05) is 6.61 Å². The topological polar surface area (TPSA) is 105 Å². The van der Waals surface area contributed by atoms with Crippen LogP contribution in [0, 0.1) is 0 Å². The molecule has 0 bridgehead atoms. The van der Waals surface area contributed by atoms with E-state index in [0.29, 0.717) is 0 Å². The van der Waals surface area contributed by atoms with Crippen LogP contribution in [0.15, 0.2) is 12.7 Å². The summed E-state index contributed by atoms with van der Waals surface area (Å²) in [5, 5.41) is 0.111. The van der Waals surface area contributed by atoms with Gasteiger partial charge in [-0.15, -0.1) is 0 Å². The third kappa shape index (κ3) is 3.21. The standard InChI is InChI=1S/C15H16ClFN4O5/c1-7(22)24-4-9-11(25-8(2)23)15(3,17)14(26-9)21-6-20-10-12(16)18-5-19-13(10)21/h5-6,9,11,14H,4H2,1-3H3/t9-,11+,14-,15?/m1/s1. The van der Waals surface area contributed by atoms with Crippen molar-refractivity contribution in [3.63, 3.8) is 0 Å². The van der Waals surface area contributed by atoms with Gasteiger partial charge in [0.1, 0.15) is 24.6 Å². The zero-order valence-corrected chi connectivity index (χ0v) is 14.9. The number of hydrogen-bond acceptors (Lipinski definition) is 8. The lowest BCUT2D eigenvalue weighted by Crippen LogP contribution is -2.44. The fraction of sp³-hybridized carbons (Fsp3) is 0.533. The molecule has 0 aromatic carbocycles. The maximum Gasteiger partial charge on any atom is 0.303 e. The van der Waals surface area contributed by atoms with Gasteiger partial charge in [0.15, 0.2) is 28.8 Å². The molecule has 0 aliphatic carbocycles. The van der Waals surface area contributed by atoms with E-state index in [1.54, 1.807) is 0 Å². The number of nitrogens with zero attached hydrogens (tertiary/aromatic N) is 4. The van der Waals surface area contributed by atoms with Crippen LogP contribution in [0.25, 0.3) is 11.2 Å². The predicted molar refractivity (Wildman–Crippen MR) is 85.9 cm³/mol. The highest BCUT2D eigenvalue weighted by Gasteiger charge is 2.58. The van der Waals surface area contributed by atoms with Crippen molar-refractivity contribution in [3.05, 3.63) is 17.8 Å². The second-order valence-corrected chi connectivity index (χ2v) is 6.36. The minimum Gasteiger partial charge on any atom is -0.463 e. The van der Waals surface area contributed by atoms with Gasteiger partial charge in [-0.25, -0.2) is 19.3 Å². The molecule has 4 atom stereocenters. The number of fused-ring (bicyclic) bond motifs is 1. The summed E-state index contributed by atoms with van der Waals surface area (Å²) in [6, 6.07) is 0. The molecule has 0 radical (unpaired) electrons. The highest BCUT2D eigenvalue weighted by atomic mass is 35.5. The smallest absolute Gasteiger partial charge is 0.303 e. The first kappa shape index (κ1) is 18.5. The van der Waals surface area contributed by atoms with Crippen molar-refractivity contribution in [1.82, 2.24) is 19.5 Å². The van der Waals surface area contributed by atoms with E-state index >= 15 is 4.39 Å². The molecule has 26 heavy (non-hydrogen) atoms. The van der Waals surface area contributed by atoms with Crippen LogP contribution < -0.4 is 0 Å². The summed E-state index contributed by atoms with van der Waals surface area (Å²) < 4.78 is 32.7. The van der Waals surface area contributed by atoms with Crippen molar-refractivity contribution in [3.8, 4) is 0 Å². The van der Waals surface area contributed by atoms with Crippen LogP contribution in [0.2, 0.25) is 5.15 Å². The van der Waals surface area contributed by atoms with Gasteiger partial charge < -0.3 is 14.2 Å². The van der Waals surface area contributed by atoms with E-state index in [9.17, 15) is 9.59 Å². The molecule has 2 aromatic heterocycles. The number of ether oxygens (including phenoxy) is 3. The molecule has 3 rings (SSSR count). The van der Waals surface area contributed by atoms with Gasteiger partial charge in [0.25, 0.3) is 0 Å². The summed E-state index contributed by atoms with van der Waals surface area (Å²) in [5.74, 6) is -1.25. The van der Waals surface area contributed by atoms with Crippen LogP contribution in [-0.4, -0.2) is 55.9 Å². The van der Waals surface area contributed by atoms with E-state index in [4.69, 9.17) is 25.8 Å². The van der Waals surface area contributed by atoms with Crippen LogP contribution in [0.1, 0.15) is 27.0 Å². The number of carbonyl (C=O) groups is 2. The van der Waals surface area contributed by atoms with Gasteiger partial charge in [-0.1, -0.05) is 11.6 Å². The molecule has 1 aliphatic rings. The number of alkyl halides is 1. The van der Waals surface area contributed by atoms with Gasteiger partial charge in [-0.2, -0.15) is 0 Å². The summed E-state index contributed by atoms with van der Waals surface area (Å²) in [4.78, 5) is 34.5. The van der Waals surface area contributed by atoms with Crippen LogP contribution in [0.3, 0.4) is 0 Å². The van der Waals surface area contributed by atoms with Gasteiger partial charge in [-0.3, -0.25) is 14.2 Å². The SMILES string of the molecule is CC(=O)OC[C@H]1O[C@@H](n2cnc3c(Cl)ncnc32)C(C)(F)[C@H]1OC(C)=O. The van der Waals surface area contributed by atoms with Crippen molar-refractivity contribution < 1.29 is 28.2 Å². The van der Waals surface area contributed by atoms with Gasteiger partial charge in [-0.05, 0) is 6.92 Å². The van der Waals surface area contributed by atoms with Crippen LogP contribution >= 0.6 is 11.6 Å². The number of aromatic nitrogens is 4. The van der Waals surface area contributed by atoms with Crippen molar-refractivity contribution in [2.24, 2.45) is 0 Å². The van der Waals surface area contributed by atoms with E-state index in [0.717, 1.165) is 6.92 Å². The third-order valence-electron chi connectivity index (χ3n) is 3.99. The molecular formula is C15H16ClFN4O5. The molecule has 0 saturated carbocycles.